The van der Waals surface area contributed by atoms with Crippen LogP contribution in [0.2, 0.25) is 10.0 Å². The number of hydrogen-bond acceptors (Lipinski definition) is 5. The molecular formula is C29H32Cl2N2O4. The summed E-state index contributed by atoms with van der Waals surface area (Å²) >= 11 is 12.3. The fourth-order valence-electron chi connectivity index (χ4n) is 7.73. The molecule has 2 aliphatic carbocycles. The lowest BCUT2D eigenvalue weighted by molar-refractivity contribution is -0.139. The number of halogens is 2. The van der Waals surface area contributed by atoms with Crippen LogP contribution in [0.15, 0.2) is 36.9 Å². The number of ether oxygens (including phenoxy) is 2. The first-order chi connectivity index (χ1) is 17.8. The topological polar surface area (TPSA) is 62.2 Å². The molecule has 2 aliphatic heterocycles. The molecule has 196 valence electrons. The fraction of sp³-hybridized carbons (Fsp3) is 0.483. The zero-order valence-corrected chi connectivity index (χ0v) is 22.7. The van der Waals surface area contributed by atoms with Gasteiger partial charge in [0.05, 0.1) is 29.6 Å². The second kappa shape index (κ2) is 9.11. The molecular weight excluding hydrogens is 511 g/mol. The number of hydrogen-bond donors (Lipinski definition) is 1. The van der Waals surface area contributed by atoms with Crippen LogP contribution in [0.1, 0.15) is 36.0 Å². The summed E-state index contributed by atoms with van der Waals surface area (Å²) < 4.78 is 12.5. The molecule has 4 aliphatic rings. The van der Waals surface area contributed by atoms with Gasteiger partial charge in [-0.2, -0.15) is 0 Å². The lowest BCUT2D eigenvalue weighted by atomic mass is 9.51. The normalized spacial score (nSPS) is 29.3. The van der Waals surface area contributed by atoms with Crippen molar-refractivity contribution in [3.63, 3.8) is 0 Å². The Bertz CT molecular complexity index is 1280. The molecule has 2 aromatic rings. The molecule has 2 bridgehead atoms. The molecule has 2 heterocycles. The third-order valence-corrected chi connectivity index (χ3v) is 10.0. The maximum atomic E-state index is 13.5. The highest BCUT2D eigenvalue weighted by Crippen LogP contribution is 2.65. The number of methoxy groups -OCH3 is 1. The van der Waals surface area contributed by atoms with Gasteiger partial charge in [-0.3, -0.25) is 9.69 Å². The summed E-state index contributed by atoms with van der Waals surface area (Å²) in [6.45, 7) is 5.73. The van der Waals surface area contributed by atoms with Crippen molar-refractivity contribution in [2.75, 3.05) is 27.2 Å². The molecule has 8 heteroatoms. The van der Waals surface area contributed by atoms with Gasteiger partial charge in [-0.1, -0.05) is 35.3 Å². The minimum absolute atomic E-state index is 0.0179. The summed E-state index contributed by atoms with van der Waals surface area (Å²) in [4.78, 5) is 17.9. The molecule has 2 fully saturated rings. The number of carbonyl (C=O) groups is 1. The number of likely N-dealkylation sites (N-methyl/N-ethyl adjacent to an activating group) is 1. The SMILES string of the molecule is C=CCN1CC[C@]23c4c5c(O)cc(OC)c4O[C@@H]2[C@H](N(C)C(=O)Cc2ccc(Cl)c(Cl)c2)CC[C@H]3[C@H]1C5. The monoisotopic (exact) mass is 542 g/mol. The Morgan fingerprint density at radius 1 is 1.32 bits per heavy atom. The number of phenols is 1. The first-order valence-corrected chi connectivity index (χ1v) is 13.7. The minimum atomic E-state index is -0.266. The van der Waals surface area contributed by atoms with E-state index in [9.17, 15) is 9.90 Å². The number of likely N-dealkylation sites (tertiary alicyclic amines) is 1. The van der Waals surface area contributed by atoms with Crippen molar-refractivity contribution in [1.29, 1.82) is 0 Å². The smallest absolute Gasteiger partial charge is 0.227 e. The predicted molar refractivity (Wildman–Crippen MR) is 144 cm³/mol. The van der Waals surface area contributed by atoms with Gasteiger partial charge in [0.1, 0.15) is 11.9 Å². The van der Waals surface area contributed by atoms with Crippen molar-refractivity contribution >= 4 is 29.1 Å². The maximum Gasteiger partial charge on any atom is 0.227 e. The van der Waals surface area contributed by atoms with Crippen LogP contribution >= 0.6 is 23.2 Å². The summed E-state index contributed by atoms with van der Waals surface area (Å²) in [5, 5.41) is 12.0. The van der Waals surface area contributed by atoms with Crippen LogP contribution in [-0.2, 0) is 23.1 Å². The summed E-state index contributed by atoms with van der Waals surface area (Å²) in [5.41, 5.74) is 2.65. The Kier molecular flexibility index (Phi) is 6.13. The molecule has 2 aromatic carbocycles. The van der Waals surface area contributed by atoms with Gasteiger partial charge >= 0.3 is 0 Å². The van der Waals surface area contributed by atoms with E-state index in [1.165, 1.54) is 0 Å². The summed E-state index contributed by atoms with van der Waals surface area (Å²) in [6.07, 6.45) is 5.55. The number of phenolic OH excluding ortho intramolecular Hbond substituents is 1. The average Bonchev–Trinajstić information content (AvgIpc) is 3.22. The Morgan fingerprint density at radius 3 is 2.86 bits per heavy atom. The van der Waals surface area contributed by atoms with Crippen molar-refractivity contribution in [2.24, 2.45) is 5.92 Å². The second-order valence-electron chi connectivity index (χ2n) is 10.8. The van der Waals surface area contributed by atoms with Crippen molar-refractivity contribution < 1.29 is 19.4 Å². The van der Waals surface area contributed by atoms with E-state index >= 15 is 0 Å². The number of benzene rings is 2. The van der Waals surface area contributed by atoms with Gasteiger partial charge in [0, 0.05) is 42.2 Å². The van der Waals surface area contributed by atoms with Gasteiger partial charge in [0.2, 0.25) is 5.91 Å². The van der Waals surface area contributed by atoms with E-state index in [0.29, 0.717) is 27.8 Å². The van der Waals surface area contributed by atoms with Crippen molar-refractivity contribution in [3.8, 4) is 17.2 Å². The molecule has 1 amide bonds. The van der Waals surface area contributed by atoms with Crippen molar-refractivity contribution in [1.82, 2.24) is 9.80 Å². The minimum Gasteiger partial charge on any atom is -0.508 e. The van der Waals surface area contributed by atoms with Crippen LogP contribution in [0.25, 0.3) is 0 Å². The van der Waals surface area contributed by atoms with Crippen LogP contribution in [0.5, 0.6) is 17.2 Å². The third kappa shape index (κ3) is 3.59. The standard InChI is InChI=1S/C29H32Cl2N2O4/c1-4-10-33-11-9-29-18-6-8-21(32(2)25(35)13-16-5-7-19(30)20(31)12-16)28(29)37-27-24(36-3)15-23(34)17(26(27)29)14-22(18)33/h4-5,7,12,15,18,21-22,28,34H,1,6,8-11,13-14H2,2-3H3/t18-,21+,22+,28+,29-/m0/s1. The lowest BCUT2D eigenvalue weighted by Gasteiger charge is -2.60. The van der Waals surface area contributed by atoms with Gasteiger partial charge in [0.25, 0.3) is 0 Å². The number of carbonyl (C=O) groups excluding carboxylic acids is 1. The molecule has 5 atom stereocenters. The third-order valence-electron chi connectivity index (χ3n) is 9.31. The molecule has 1 spiro atoms. The van der Waals surface area contributed by atoms with E-state index in [0.717, 1.165) is 61.2 Å². The highest BCUT2D eigenvalue weighted by Gasteiger charge is 2.66. The fourth-order valence-corrected chi connectivity index (χ4v) is 8.05. The van der Waals surface area contributed by atoms with Crippen LogP contribution in [0.3, 0.4) is 0 Å². The van der Waals surface area contributed by atoms with Gasteiger partial charge in [-0.15, -0.1) is 6.58 Å². The predicted octanol–water partition coefficient (Wildman–Crippen LogP) is 5.00. The lowest BCUT2D eigenvalue weighted by Crippen LogP contribution is -2.69. The zero-order valence-electron chi connectivity index (χ0n) is 21.2. The summed E-state index contributed by atoms with van der Waals surface area (Å²) in [6, 6.07) is 7.22. The van der Waals surface area contributed by atoms with Crippen LogP contribution < -0.4 is 9.47 Å². The van der Waals surface area contributed by atoms with E-state index in [2.05, 4.69) is 11.5 Å². The molecule has 0 unspecified atom stereocenters. The molecule has 1 N–H and O–H groups in total. The maximum absolute atomic E-state index is 13.5. The number of rotatable bonds is 6. The van der Waals surface area contributed by atoms with Crippen LogP contribution in [-0.4, -0.2) is 66.2 Å². The number of nitrogens with zero attached hydrogens (tertiary/aromatic N) is 2. The zero-order chi connectivity index (χ0) is 26.1. The molecule has 37 heavy (non-hydrogen) atoms. The largest absolute Gasteiger partial charge is 0.508 e. The average molecular weight is 543 g/mol. The van der Waals surface area contributed by atoms with Crippen molar-refractivity contribution in [2.45, 2.75) is 55.7 Å². The van der Waals surface area contributed by atoms with Gasteiger partial charge in [-0.05, 0) is 55.8 Å². The van der Waals surface area contributed by atoms with E-state index < -0.39 is 0 Å². The number of amides is 1. The quantitative estimate of drug-likeness (QED) is 0.520. The number of piperidine rings is 1. The first-order valence-electron chi connectivity index (χ1n) is 12.9. The van der Waals surface area contributed by atoms with E-state index in [4.69, 9.17) is 32.7 Å². The molecule has 0 aromatic heterocycles. The van der Waals surface area contributed by atoms with Gasteiger partial charge < -0.3 is 19.5 Å². The molecule has 0 radical (unpaired) electrons. The molecule has 1 saturated carbocycles. The van der Waals surface area contributed by atoms with Gasteiger partial charge in [0.15, 0.2) is 11.5 Å². The number of aromatic hydroxyl groups is 1. The second-order valence-corrected chi connectivity index (χ2v) is 11.7. The Labute approximate surface area is 227 Å². The molecule has 1 saturated heterocycles. The van der Waals surface area contributed by atoms with Crippen LogP contribution in [0, 0.1) is 5.92 Å². The van der Waals surface area contributed by atoms with E-state index in [-0.39, 0.29) is 35.6 Å². The summed E-state index contributed by atoms with van der Waals surface area (Å²) in [7, 11) is 3.50. The van der Waals surface area contributed by atoms with E-state index in [1.807, 2.05) is 24.1 Å². The first kappa shape index (κ1) is 24.9. The highest BCUT2D eigenvalue weighted by atomic mass is 35.5. The van der Waals surface area contributed by atoms with Crippen molar-refractivity contribution in [3.05, 3.63) is 63.7 Å². The summed E-state index contributed by atoms with van der Waals surface area (Å²) in [5.74, 6) is 1.98. The van der Waals surface area contributed by atoms with E-state index in [1.54, 1.807) is 25.3 Å². The highest BCUT2D eigenvalue weighted by molar-refractivity contribution is 6.42. The Balaban J connectivity index is 1.38. The molecule has 6 nitrogen and oxygen atoms in total. The van der Waals surface area contributed by atoms with Gasteiger partial charge in [-0.25, -0.2) is 0 Å². The Morgan fingerprint density at radius 2 is 2.14 bits per heavy atom. The molecule has 6 rings (SSSR count). The Hall–Kier alpha value is -2.41. The van der Waals surface area contributed by atoms with Crippen LogP contribution in [0.4, 0.5) is 0 Å².